The summed E-state index contributed by atoms with van der Waals surface area (Å²) in [6.07, 6.45) is 0.261. The highest BCUT2D eigenvalue weighted by Crippen LogP contribution is 2.31. The Balaban J connectivity index is 3.24. The van der Waals surface area contributed by atoms with Gasteiger partial charge in [0.25, 0.3) is 0 Å². The van der Waals surface area contributed by atoms with Crippen LogP contribution in [0.2, 0.25) is 0 Å². The van der Waals surface area contributed by atoms with Crippen LogP contribution >= 0.6 is 0 Å². The third kappa shape index (κ3) is 3.20. The van der Waals surface area contributed by atoms with Gasteiger partial charge in [0.2, 0.25) is 0 Å². The van der Waals surface area contributed by atoms with Gasteiger partial charge in [-0.3, -0.25) is 4.79 Å². The Hall–Kier alpha value is -1.62. The fourth-order valence-electron chi connectivity index (χ4n) is 2.03. The van der Waals surface area contributed by atoms with Crippen molar-refractivity contribution in [1.29, 1.82) is 5.26 Å². The summed E-state index contributed by atoms with van der Waals surface area (Å²) < 4.78 is 0. The van der Waals surface area contributed by atoms with Crippen LogP contribution in [0.25, 0.3) is 0 Å². The van der Waals surface area contributed by atoms with Gasteiger partial charge in [-0.05, 0) is 30.4 Å². The molecule has 0 saturated heterocycles. The Bertz CT molecular complexity index is 491. The van der Waals surface area contributed by atoms with Gasteiger partial charge in [0, 0.05) is 6.42 Å². The third-order valence-electron chi connectivity index (χ3n) is 3.21. The molecule has 0 aliphatic carbocycles. The van der Waals surface area contributed by atoms with E-state index in [-0.39, 0.29) is 17.6 Å². The van der Waals surface area contributed by atoms with Crippen molar-refractivity contribution in [3.05, 3.63) is 35.4 Å². The average molecular weight is 243 g/mol. The van der Waals surface area contributed by atoms with Gasteiger partial charge < -0.3 is 0 Å². The Morgan fingerprint density at radius 2 is 1.78 bits per heavy atom. The number of hydrogen-bond donors (Lipinski definition) is 0. The molecule has 0 fully saturated rings. The largest absolute Gasteiger partial charge is 0.300 e. The van der Waals surface area contributed by atoms with Crippen LogP contribution in [-0.2, 0) is 15.6 Å². The predicted octanol–water partition coefficient (Wildman–Crippen LogP) is 3.74. The van der Waals surface area contributed by atoms with Gasteiger partial charge in [0.15, 0.2) is 0 Å². The monoisotopic (exact) mass is 243 g/mol. The summed E-state index contributed by atoms with van der Waals surface area (Å²) in [5.41, 5.74) is 1.42. The molecule has 0 radical (unpaired) electrons. The van der Waals surface area contributed by atoms with Crippen molar-refractivity contribution in [2.45, 2.75) is 51.9 Å². The summed E-state index contributed by atoms with van der Waals surface area (Å²) in [4.78, 5) is 11.3. The molecule has 1 aromatic carbocycles. The van der Waals surface area contributed by atoms with E-state index in [0.717, 1.165) is 5.56 Å². The van der Waals surface area contributed by atoms with E-state index in [2.05, 4.69) is 32.9 Å². The zero-order valence-corrected chi connectivity index (χ0v) is 11.9. The summed E-state index contributed by atoms with van der Waals surface area (Å²) in [5.74, 6) is 0.0419. The Kier molecular flexibility index (Phi) is 3.96. The van der Waals surface area contributed by atoms with Crippen LogP contribution < -0.4 is 0 Å². The maximum absolute atomic E-state index is 11.3. The van der Waals surface area contributed by atoms with E-state index in [9.17, 15) is 10.1 Å². The number of rotatable bonds is 3. The van der Waals surface area contributed by atoms with E-state index in [0.29, 0.717) is 0 Å². The second-order valence-corrected chi connectivity index (χ2v) is 6.15. The number of nitriles is 1. The molecule has 0 heterocycles. The van der Waals surface area contributed by atoms with Crippen molar-refractivity contribution in [2.75, 3.05) is 0 Å². The molecular weight excluding hydrogens is 222 g/mol. The standard InChI is InChI=1S/C16H21NO/c1-12(18)10-16(5,11-17)14-8-6-7-13(9-14)15(2,3)4/h6-9H,10H2,1-5H3. The van der Waals surface area contributed by atoms with Crippen molar-refractivity contribution >= 4 is 5.78 Å². The highest BCUT2D eigenvalue weighted by molar-refractivity contribution is 5.77. The smallest absolute Gasteiger partial charge is 0.131 e. The minimum absolute atomic E-state index is 0.0419. The highest BCUT2D eigenvalue weighted by atomic mass is 16.1. The van der Waals surface area contributed by atoms with Crippen LogP contribution in [0, 0.1) is 11.3 Å². The maximum atomic E-state index is 11.3. The molecule has 1 aromatic rings. The molecule has 0 saturated carbocycles. The predicted molar refractivity (Wildman–Crippen MR) is 73.4 cm³/mol. The molecule has 0 bridgehead atoms. The van der Waals surface area contributed by atoms with Gasteiger partial charge in [0.05, 0.1) is 11.5 Å². The van der Waals surface area contributed by atoms with Gasteiger partial charge in [-0.25, -0.2) is 0 Å². The van der Waals surface area contributed by atoms with Crippen LogP contribution in [0.3, 0.4) is 0 Å². The third-order valence-corrected chi connectivity index (χ3v) is 3.21. The molecule has 0 aliphatic heterocycles. The summed E-state index contributed by atoms with van der Waals surface area (Å²) in [6, 6.07) is 10.3. The Morgan fingerprint density at radius 3 is 2.22 bits per heavy atom. The first kappa shape index (κ1) is 14.4. The molecule has 1 rings (SSSR count). The number of hydrogen-bond acceptors (Lipinski definition) is 2. The molecule has 2 heteroatoms. The number of ketones is 1. The summed E-state index contributed by atoms with van der Waals surface area (Å²) in [7, 11) is 0. The van der Waals surface area contributed by atoms with Crippen LogP contribution in [0.15, 0.2) is 24.3 Å². The van der Waals surface area contributed by atoms with Crippen molar-refractivity contribution in [3.8, 4) is 6.07 Å². The van der Waals surface area contributed by atoms with Crippen LogP contribution in [0.4, 0.5) is 0 Å². The molecule has 2 nitrogen and oxygen atoms in total. The lowest BCUT2D eigenvalue weighted by atomic mass is 9.77. The molecule has 0 N–H and O–H groups in total. The van der Waals surface area contributed by atoms with E-state index >= 15 is 0 Å². The lowest BCUT2D eigenvalue weighted by Gasteiger charge is -2.25. The number of carbonyl (C=O) groups is 1. The zero-order chi connectivity index (χ0) is 14.0. The molecule has 96 valence electrons. The molecule has 1 unspecified atom stereocenters. The normalized spacial score (nSPS) is 14.7. The van der Waals surface area contributed by atoms with E-state index in [4.69, 9.17) is 0 Å². The van der Waals surface area contributed by atoms with Crippen LogP contribution in [0.5, 0.6) is 0 Å². The van der Waals surface area contributed by atoms with E-state index in [1.165, 1.54) is 12.5 Å². The van der Waals surface area contributed by atoms with Crippen molar-refractivity contribution in [2.24, 2.45) is 0 Å². The molecule has 18 heavy (non-hydrogen) atoms. The second-order valence-electron chi connectivity index (χ2n) is 6.15. The molecule has 1 atom stereocenters. The van der Waals surface area contributed by atoms with Gasteiger partial charge in [-0.15, -0.1) is 0 Å². The molecule has 0 aromatic heterocycles. The van der Waals surface area contributed by atoms with Crippen LogP contribution in [0.1, 0.15) is 52.2 Å². The zero-order valence-electron chi connectivity index (χ0n) is 11.9. The second kappa shape index (κ2) is 4.94. The van der Waals surface area contributed by atoms with Gasteiger partial charge in [0.1, 0.15) is 5.78 Å². The molecule has 0 spiro atoms. The molecule has 0 amide bonds. The van der Waals surface area contributed by atoms with E-state index in [1.54, 1.807) is 0 Å². The Labute approximate surface area is 110 Å². The minimum atomic E-state index is -0.729. The molecular formula is C16H21NO. The summed E-state index contributed by atoms with van der Waals surface area (Å²) >= 11 is 0. The molecule has 0 aliphatic rings. The Morgan fingerprint density at radius 1 is 1.22 bits per heavy atom. The van der Waals surface area contributed by atoms with Gasteiger partial charge >= 0.3 is 0 Å². The van der Waals surface area contributed by atoms with Crippen molar-refractivity contribution in [1.82, 2.24) is 0 Å². The highest BCUT2D eigenvalue weighted by Gasteiger charge is 2.29. The lowest BCUT2D eigenvalue weighted by molar-refractivity contribution is -0.117. The first-order valence-corrected chi connectivity index (χ1v) is 6.21. The number of nitrogens with zero attached hydrogens (tertiary/aromatic N) is 1. The SMILES string of the molecule is CC(=O)CC(C)(C#N)c1cccc(C(C)(C)C)c1. The topological polar surface area (TPSA) is 40.9 Å². The van der Waals surface area contributed by atoms with E-state index in [1.807, 2.05) is 25.1 Å². The number of Topliss-reactive ketones (excluding diaryl/α,β-unsaturated/α-hetero) is 1. The lowest BCUT2D eigenvalue weighted by Crippen LogP contribution is -2.23. The number of benzene rings is 1. The summed E-state index contributed by atoms with van der Waals surface area (Å²) in [5, 5.41) is 9.38. The first-order valence-electron chi connectivity index (χ1n) is 6.21. The maximum Gasteiger partial charge on any atom is 0.131 e. The first-order chi connectivity index (χ1) is 8.19. The fraction of sp³-hybridized carbons (Fsp3) is 0.500. The quantitative estimate of drug-likeness (QED) is 0.811. The average Bonchev–Trinajstić information content (AvgIpc) is 2.27. The summed E-state index contributed by atoms with van der Waals surface area (Å²) in [6.45, 7) is 9.78. The van der Waals surface area contributed by atoms with Crippen LogP contribution in [-0.4, -0.2) is 5.78 Å². The fourth-order valence-corrected chi connectivity index (χ4v) is 2.03. The van der Waals surface area contributed by atoms with E-state index < -0.39 is 5.41 Å². The minimum Gasteiger partial charge on any atom is -0.300 e. The van der Waals surface area contributed by atoms with Gasteiger partial charge in [-0.1, -0.05) is 45.0 Å². The van der Waals surface area contributed by atoms with Crippen molar-refractivity contribution in [3.63, 3.8) is 0 Å². The van der Waals surface area contributed by atoms with Crippen molar-refractivity contribution < 1.29 is 4.79 Å². The number of carbonyl (C=O) groups excluding carboxylic acids is 1. The van der Waals surface area contributed by atoms with Gasteiger partial charge in [-0.2, -0.15) is 5.26 Å².